The monoisotopic (exact) mass is 395 g/mol. The first-order chi connectivity index (χ1) is 10.7. The lowest BCUT2D eigenvalue weighted by molar-refractivity contribution is -0.144. The van der Waals surface area contributed by atoms with Crippen molar-refractivity contribution in [2.45, 2.75) is 26.1 Å². The van der Waals surface area contributed by atoms with Crippen LogP contribution in [-0.4, -0.2) is 30.5 Å². The maximum absolute atomic E-state index is 12.9. The molecule has 0 aliphatic carbocycles. The summed E-state index contributed by atoms with van der Waals surface area (Å²) < 4.78 is 45.4. The number of aryl methyl sites for hydroxylation is 2. The highest BCUT2D eigenvalue weighted by molar-refractivity contribution is 9.10. The Balaban J connectivity index is 2.17. The maximum Gasteiger partial charge on any atom is 0.434 e. The number of alkyl halides is 3. The van der Waals surface area contributed by atoms with E-state index < -0.39 is 28.0 Å². The van der Waals surface area contributed by atoms with Gasteiger partial charge in [-0.25, -0.2) is 4.79 Å². The normalized spacial score (nSPS) is 11.8. The highest BCUT2D eigenvalue weighted by Gasteiger charge is 2.40. The molecule has 2 aromatic heterocycles. The van der Waals surface area contributed by atoms with Crippen LogP contribution in [0.1, 0.15) is 34.8 Å². The van der Waals surface area contributed by atoms with Gasteiger partial charge in [0.2, 0.25) is 0 Å². The van der Waals surface area contributed by atoms with E-state index in [4.69, 9.17) is 4.74 Å². The van der Waals surface area contributed by atoms with Crippen LogP contribution in [0.3, 0.4) is 0 Å². The minimum absolute atomic E-state index is 0.216. The zero-order valence-corrected chi connectivity index (χ0v) is 14.1. The van der Waals surface area contributed by atoms with Crippen LogP contribution in [0.4, 0.5) is 13.2 Å². The lowest BCUT2D eigenvalue weighted by Gasteiger charge is -2.06. The van der Waals surface area contributed by atoms with Gasteiger partial charge >= 0.3 is 12.1 Å². The van der Waals surface area contributed by atoms with Crippen molar-refractivity contribution in [3.63, 3.8) is 0 Å². The molecule has 0 radical (unpaired) electrons. The predicted molar refractivity (Wildman–Crippen MR) is 75.4 cm³/mol. The summed E-state index contributed by atoms with van der Waals surface area (Å²) in [5.74, 6) is 0.108. The molecule has 0 aromatic carbocycles. The van der Waals surface area contributed by atoms with Gasteiger partial charge in [0, 0.05) is 20.5 Å². The SMILES string of the molecule is CCc1nnc(COC(=O)c2nn(C)c(C(F)(F)F)c2Br)n1C. The Morgan fingerprint density at radius 1 is 1.26 bits per heavy atom. The van der Waals surface area contributed by atoms with Crippen molar-refractivity contribution >= 4 is 21.9 Å². The van der Waals surface area contributed by atoms with Gasteiger partial charge in [0.25, 0.3) is 0 Å². The van der Waals surface area contributed by atoms with Crippen molar-refractivity contribution in [3.05, 3.63) is 27.5 Å². The lowest BCUT2D eigenvalue weighted by Crippen LogP contribution is -2.12. The Morgan fingerprint density at radius 2 is 1.87 bits per heavy atom. The van der Waals surface area contributed by atoms with Gasteiger partial charge in [0.1, 0.15) is 5.82 Å². The Kier molecular flexibility index (Phi) is 4.78. The second-order valence-corrected chi connectivity index (χ2v) is 5.45. The van der Waals surface area contributed by atoms with Gasteiger partial charge in [-0.3, -0.25) is 4.68 Å². The summed E-state index contributed by atoms with van der Waals surface area (Å²) in [6, 6.07) is 0. The standard InChI is InChI=1S/C12H13BrF3N5O2/c1-4-6-17-18-7(20(6)2)5-23-11(22)9-8(13)10(12(14,15)16)21(3)19-9/h4-5H2,1-3H3. The van der Waals surface area contributed by atoms with E-state index in [-0.39, 0.29) is 6.61 Å². The molecule has 11 heteroatoms. The third kappa shape index (κ3) is 3.38. The van der Waals surface area contributed by atoms with Crippen LogP contribution in [-0.2, 0) is 38.0 Å². The van der Waals surface area contributed by atoms with Crippen molar-refractivity contribution in [1.82, 2.24) is 24.5 Å². The minimum Gasteiger partial charge on any atom is -0.453 e. The van der Waals surface area contributed by atoms with Gasteiger partial charge in [-0.15, -0.1) is 10.2 Å². The van der Waals surface area contributed by atoms with Crippen LogP contribution in [0, 0.1) is 0 Å². The van der Waals surface area contributed by atoms with Crippen molar-refractivity contribution in [3.8, 4) is 0 Å². The van der Waals surface area contributed by atoms with E-state index in [1.807, 2.05) is 6.92 Å². The third-order valence-corrected chi connectivity index (χ3v) is 3.91. The van der Waals surface area contributed by atoms with Crippen LogP contribution >= 0.6 is 15.9 Å². The molecule has 2 aromatic rings. The molecule has 2 rings (SSSR count). The van der Waals surface area contributed by atoms with Gasteiger partial charge in [-0.1, -0.05) is 6.92 Å². The third-order valence-electron chi connectivity index (χ3n) is 3.16. The van der Waals surface area contributed by atoms with Crippen LogP contribution in [0.25, 0.3) is 0 Å². The molecule has 126 valence electrons. The van der Waals surface area contributed by atoms with Gasteiger partial charge in [0.15, 0.2) is 23.8 Å². The van der Waals surface area contributed by atoms with Gasteiger partial charge in [-0.2, -0.15) is 18.3 Å². The molecule has 0 saturated heterocycles. The van der Waals surface area contributed by atoms with Crippen molar-refractivity contribution in [1.29, 1.82) is 0 Å². The molecule has 0 fully saturated rings. The number of carbonyl (C=O) groups is 1. The number of halogens is 4. The average molecular weight is 396 g/mol. The van der Waals surface area contributed by atoms with E-state index >= 15 is 0 Å². The van der Waals surface area contributed by atoms with Crippen molar-refractivity contribution < 1.29 is 22.7 Å². The molecule has 7 nitrogen and oxygen atoms in total. The zero-order valence-electron chi connectivity index (χ0n) is 12.5. The molecule has 0 N–H and O–H groups in total. The first kappa shape index (κ1) is 17.4. The summed E-state index contributed by atoms with van der Waals surface area (Å²) in [5.41, 5.74) is -1.51. The second-order valence-electron chi connectivity index (χ2n) is 4.65. The summed E-state index contributed by atoms with van der Waals surface area (Å²) in [6.07, 6.45) is -3.99. The fraction of sp³-hybridized carbons (Fsp3) is 0.500. The topological polar surface area (TPSA) is 74.8 Å². The van der Waals surface area contributed by atoms with Crippen LogP contribution in [0.5, 0.6) is 0 Å². The first-order valence-corrected chi connectivity index (χ1v) is 7.30. The molecule has 2 heterocycles. The molecule has 0 saturated carbocycles. The lowest BCUT2D eigenvalue weighted by atomic mass is 10.3. The molecule has 23 heavy (non-hydrogen) atoms. The van der Waals surface area contributed by atoms with Gasteiger partial charge in [-0.05, 0) is 15.9 Å². The molecule has 0 aliphatic rings. The maximum atomic E-state index is 12.9. The molecule has 0 spiro atoms. The van der Waals surface area contributed by atoms with Crippen LogP contribution in [0.2, 0.25) is 0 Å². The summed E-state index contributed by atoms with van der Waals surface area (Å²) in [5, 5.41) is 11.3. The van der Waals surface area contributed by atoms with Gasteiger partial charge in [0.05, 0.1) is 4.47 Å². The van der Waals surface area contributed by atoms with Crippen LogP contribution < -0.4 is 0 Å². The van der Waals surface area contributed by atoms with Crippen molar-refractivity contribution in [2.24, 2.45) is 14.1 Å². The van der Waals surface area contributed by atoms with E-state index in [0.29, 0.717) is 22.8 Å². The Morgan fingerprint density at radius 3 is 2.35 bits per heavy atom. The zero-order chi connectivity index (χ0) is 17.4. The molecule has 0 bridgehead atoms. The Labute approximate surface area is 137 Å². The van der Waals surface area contributed by atoms with E-state index in [1.165, 1.54) is 0 Å². The van der Waals surface area contributed by atoms with E-state index in [2.05, 4.69) is 31.2 Å². The fourth-order valence-electron chi connectivity index (χ4n) is 1.97. The summed E-state index contributed by atoms with van der Waals surface area (Å²) in [7, 11) is 2.81. The van der Waals surface area contributed by atoms with E-state index in [9.17, 15) is 18.0 Å². The van der Waals surface area contributed by atoms with E-state index in [0.717, 1.165) is 7.05 Å². The largest absolute Gasteiger partial charge is 0.453 e. The molecule has 0 aliphatic heterocycles. The van der Waals surface area contributed by atoms with Crippen LogP contribution in [0.15, 0.2) is 4.47 Å². The highest BCUT2D eigenvalue weighted by atomic mass is 79.9. The average Bonchev–Trinajstić information content (AvgIpc) is 2.95. The molecule has 0 atom stereocenters. The first-order valence-electron chi connectivity index (χ1n) is 6.50. The number of aromatic nitrogens is 5. The molecular weight excluding hydrogens is 383 g/mol. The van der Waals surface area contributed by atoms with Gasteiger partial charge < -0.3 is 9.30 Å². The number of rotatable bonds is 4. The number of nitrogens with zero attached hydrogens (tertiary/aromatic N) is 5. The molecule has 0 unspecified atom stereocenters. The summed E-state index contributed by atoms with van der Waals surface area (Å²) >= 11 is 2.76. The number of esters is 1. The summed E-state index contributed by atoms with van der Waals surface area (Å²) in [4.78, 5) is 12.0. The fourth-order valence-corrected chi connectivity index (χ4v) is 2.69. The van der Waals surface area contributed by atoms with E-state index in [1.54, 1.807) is 11.6 Å². The highest BCUT2D eigenvalue weighted by Crippen LogP contribution is 2.36. The van der Waals surface area contributed by atoms with Crippen molar-refractivity contribution in [2.75, 3.05) is 0 Å². The molecular formula is C12H13BrF3N5O2. The predicted octanol–water partition coefficient (Wildman–Crippen LogP) is 2.25. The Bertz CT molecular complexity index is 738. The number of hydrogen-bond donors (Lipinski definition) is 0. The number of ether oxygens (including phenoxy) is 1. The second kappa shape index (κ2) is 6.30. The quantitative estimate of drug-likeness (QED) is 0.742. The Hall–Kier alpha value is -1.91. The minimum atomic E-state index is -4.64. The molecule has 0 amide bonds. The number of carbonyl (C=O) groups excluding carboxylic acids is 1. The number of hydrogen-bond acceptors (Lipinski definition) is 5. The summed E-state index contributed by atoms with van der Waals surface area (Å²) in [6.45, 7) is 1.68. The smallest absolute Gasteiger partial charge is 0.434 e.